The number of rotatable bonds is 2. The molecule has 0 aromatic heterocycles. The van der Waals surface area contributed by atoms with Crippen LogP contribution in [0.15, 0.2) is 30.3 Å². The fourth-order valence-corrected chi connectivity index (χ4v) is 0.980. The van der Waals surface area contributed by atoms with Crippen molar-refractivity contribution in [2.45, 2.75) is 6.92 Å². The molecule has 0 aliphatic rings. The van der Waals surface area contributed by atoms with Crippen LogP contribution in [-0.2, 0) is 0 Å². The van der Waals surface area contributed by atoms with E-state index in [0.29, 0.717) is 12.1 Å². The quantitative estimate of drug-likeness (QED) is 0.623. The molecule has 0 fully saturated rings. The van der Waals surface area contributed by atoms with E-state index in [-0.39, 0.29) is 5.91 Å². The number of amides is 3. The Hall–Kier alpha value is -2.04. The molecule has 0 aliphatic heterocycles. The van der Waals surface area contributed by atoms with Crippen LogP contribution in [0.25, 0.3) is 0 Å². The number of benzene rings is 1. The van der Waals surface area contributed by atoms with Gasteiger partial charge in [-0.3, -0.25) is 10.2 Å². The van der Waals surface area contributed by atoms with Crippen LogP contribution < -0.4 is 16.2 Å². The Labute approximate surface area is 87.8 Å². The highest BCUT2D eigenvalue weighted by molar-refractivity contribution is 5.95. The molecule has 0 heterocycles. The fourth-order valence-electron chi connectivity index (χ4n) is 0.980. The van der Waals surface area contributed by atoms with Gasteiger partial charge in [-0.05, 0) is 19.1 Å². The van der Waals surface area contributed by atoms with Gasteiger partial charge in [0.05, 0.1) is 0 Å². The Morgan fingerprint density at radius 3 is 2.40 bits per heavy atom. The van der Waals surface area contributed by atoms with Gasteiger partial charge < -0.3 is 5.32 Å². The van der Waals surface area contributed by atoms with Crippen LogP contribution in [0.5, 0.6) is 0 Å². The predicted octanol–water partition coefficient (Wildman–Crippen LogP) is 0.650. The van der Waals surface area contributed by atoms with E-state index in [4.69, 9.17) is 0 Å². The van der Waals surface area contributed by atoms with Gasteiger partial charge in [-0.15, -0.1) is 0 Å². The lowest BCUT2D eigenvalue weighted by molar-refractivity contribution is 0.0936. The summed E-state index contributed by atoms with van der Waals surface area (Å²) in [4.78, 5) is 22.3. The van der Waals surface area contributed by atoms with Crippen molar-refractivity contribution in [2.75, 3.05) is 6.54 Å². The van der Waals surface area contributed by atoms with Crippen LogP contribution >= 0.6 is 0 Å². The maximum Gasteiger partial charge on any atom is 0.333 e. The topological polar surface area (TPSA) is 70.2 Å². The summed E-state index contributed by atoms with van der Waals surface area (Å²) in [6.07, 6.45) is 0. The second-order valence-corrected chi connectivity index (χ2v) is 2.80. The third kappa shape index (κ3) is 3.68. The lowest BCUT2D eigenvalue weighted by atomic mass is 10.2. The standard InChI is InChI=1S/C10H13N3O2/c1-2-11-10(15)13-12-9(14)8-6-4-3-5-7-8/h3-7H,2H2,1H3,(H,12,14)(H2,11,13,15). The van der Waals surface area contributed by atoms with Crippen molar-refractivity contribution in [3.05, 3.63) is 35.9 Å². The van der Waals surface area contributed by atoms with Crippen molar-refractivity contribution in [1.29, 1.82) is 0 Å². The minimum atomic E-state index is -0.429. The second kappa shape index (κ2) is 5.64. The van der Waals surface area contributed by atoms with E-state index in [1.165, 1.54) is 0 Å². The van der Waals surface area contributed by atoms with E-state index >= 15 is 0 Å². The molecular weight excluding hydrogens is 194 g/mol. The summed E-state index contributed by atoms with van der Waals surface area (Å²) >= 11 is 0. The fraction of sp³-hybridized carbons (Fsp3) is 0.200. The van der Waals surface area contributed by atoms with E-state index in [1.54, 1.807) is 31.2 Å². The van der Waals surface area contributed by atoms with E-state index < -0.39 is 6.03 Å². The summed E-state index contributed by atoms with van der Waals surface area (Å²) in [5.74, 6) is -0.346. The van der Waals surface area contributed by atoms with E-state index in [2.05, 4.69) is 16.2 Å². The molecular formula is C10H13N3O2. The lowest BCUT2D eigenvalue weighted by Gasteiger charge is -2.07. The number of hydrazine groups is 1. The molecule has 1 aromatic rings. The van der Waals surface area contributed by atoms with Crippen LogP contribution in [0, 0.1) is 0 Å². The predicted molar refractivity (Wildman–Crippen MR) is 56.1 cm³/mol. The highest BCUT2D eigenvalue weighted by Gasteiger charge is 2.04. The Kier molecular flexibility index (Phi) is 4.15. The third-order valence-electron chi connectivity index (χ3n) is 1.66. The first-order valence-electron chi connectivity index (χ1n) is 4.63. The smallest absolute Gasteiger partial charge is 0.333 e. The second-order valence-electron chi connectivity index (χ2n) is 2.80. The van der Waals surface area contributed by atoms with E-state index in [0.717, 1.165) is 0 Å². The normalized spacial score (nSPS) is 9.13. The molecule has 1 rings (SSSR count). The third-order valence-corrected chi connectivity index (χ3v) is 1.66. The van der Waals surface area contributed by atoms with Gasteiger partial charge in [0.2, 0.25) is 0 Å². The summed E-state index contributed by atoms with van der Waals surface area (Å²) in [5.41, 5.74) is 5.01. The highest BCUT2D eigenvalue weighted by atomic mass is 16.2. The van der Waals surface area contributed by atoms with Crippen molar-refractivity contribution >= 4 is 11.9 Å². The van der Waals surface area contributed by atoms with Crippen LogP contribution in [0.2, 0.25) is 0 Å². The van der Waals surface area contributed by atoms with Crippen LogP contribution in [0.4, 0.5) is 4.79 Å². The molecule has 0 unspecified atom stereocenters. The summed E-state index contributed by atoms with van der Waals surface area (Å²) in [7, 11) is 0. The van der Waals surface area contributed by atoms with Crippen molar-refractivity contribution in [3.8, 4) is 0 Å². The Bertz CT molecular complexity index is 338. The summed E-state index contributed by atoms with van der Waals surface area (Å²) in [6.45, 7) is 2.30. The number of urea groups is 1. The largest absolute Gasteiger partial charge is 0.337 e. The number of hydrogen-bond donors (Lipinski definition) is 3. The number of nitrogens with one attached hydrogen (secondary N) is 3. The van der Waals surface area contributed by atoms with Gasteiger partial charge in [-0.1, -0.05) is 18.2 Å². The van der Waals surface area contributed by atoms with E-state index in [9.17, 15) is 9.59 Å². The lowest BCUT2D eigenvalue weighted by Crippen LogP contribution is -2.46. The summed E-state index contributed by atoms with van der Waals surface area (Å²) in [5, 5.41) is 2.49. The molecule has 0 bridgehead atoms. The van der Waals surface area contributed by atoms with Gasteiger partial charge in [0.1, 0.15) is 0 Å². The molecule has 5 heteroatoms. The molecule has 0 atom stereocenters. The van der Waals surface area contributed by atoms with Gasteiger partial charge in [0, 0.05) is 12.1 Å². The number of carbonyl (C=O) groups is 2. The zero-order valence-corrected chi connectivity index (χ0v) is 8.41. The average Bonchev–Trinajstić information content (AvgIpc) is 2.27. The van der Waals surface area contributed by atoms with Crippen molar-refractivity contribution in [2.24, 2.45) is 0 Å². The van der Waals surface area contributed by atoms with Gasteiger partial charge in [-0.2, -0.15) is 0 Å². The molecule has 0 saturated heterocycles. The van der Waals surface area contributed by atoms with Gasteiger partial charge in [0.15, 0.2) is 0 Å². The number of carbonyl (C=O) groups excluding carboxylic acids is 2. The molecule has 0 aliphatic carbocycles. The van der Waals surface area contributed by atoms with Crippen molar-refractivity contribution < 1.29 is 9.59 Å². The Morgan fingerprint density at radius 2 is 1.80 bits per heavy atom. The molecule has 5 nitrogen and oxygen atoms in total. The monoisotopic (exact) mass is 207 g/mol. The van der Waals surface area contributed by atoms with Crippen LogP contribution in [-0.4, -0.2) is 18.5 Å². The molecule has 3 amide bonds. The van der Waals surface area contributed by atoms with Gasteiger partial charge >= 0.3 is 6.03 Å². The van der Waals surface area contributed by atoms with Crippen LogP contribution in [0.1, 0.15) is 17.3 Å². The maximum atomic E-state index is 11.4. The summed E-state index contributed by atoms with van der Waals surface area (Å²) < 4.78 is 0. The van der Waals surface area contributed by atoms with Crippen molar-refractivity contribution in [1.82, 2.24) is 16.2 Å². The first-order valence-corrected chi connectivity index (χ1v) is 4.63. The minimum Gasteiger partial charge on any atom is -0.337 e. The molecule has 0 saturated carbocycles. The first-order chi connectivity index (χ1) is 7.24. The molecule has 3 N–H and O–H groups in total. The first kappa shape index (κ1) is 11.0. The van der Waals surface area contributed by atoms with Gasteiger partial charge in [-0.25, -0.2) is 10.2 Å². The van der Waals surface area contributed by atoms with Crippen molar-refractivity contribution in [3.63, 3.8) is 0 Å². The zero-order chi connectivity index (χ0) is 11.1. The Morgan fingerprint density at radius 1 is 1.13 bits per heavy atom. The van der Waals surface area contributed by atoms with Crippen LogP contribution in [0.3, 0.4) is 0 Å². The SMILES string of the molecule is CCNC(=O)NNC(=O)c1ccccc1. The van der Waals surface area contributed by atoms with Gasteiger partial charge in [0.25, 0.3) is 5.91 Å². The molecule has 0 spiro atoms. The molecule has 15 heavy (non-hydrogen) atoms. The highest BCUT2D eigenvalue weighted by Crippen LogP contribution is 1.96. The maximum absolute atomic E-state index is 11.4. The summed E-state index contributed by atoms with van der Waals surface area (Å²) in [6, 6.07) is 8.21. The number of hydrogen-bond acceptors (Lipinski definition) is 2. The molecule has 1 aromatic carbocycles. The average molecular weight is 207 g/mol. The molecule has 80 valence electrons. The zero-order valence-electron chi connectivity index (χ0n) is 8.41. The minimum absolute atomic E-state index is 0.346. The Balaban J connectivity index is 2.40. The van der Waals surface area contributed by atoms with E-state index in [1.807, 2.05) is 6.07 Å². The molecule has 0 radical (unpaired) electrons.